The van der Waals surface area contributed by atoms with Gasteiger partial charge >= 0.3 is 0 Å². The Labute approximate surface area is 154 Å². The standard InChI is InChI=1S/C21H39N3O/c1-12(2)14-15-16-13(10-9-11-22-16)23-19(15)24(21(6,7)8)17(14)18(25)20(3,4)5/h12-17,19,22-23H,9-11H2,1-8H3. The van der Waals surface area contributed by atoms with Gasteiger partial charge in [-0.05, 0) is 52.0 Å². The fraction of sp³-hybridized carbons (Fsp3) is 0.952. The van der Waals surface area contributed by atoms with E-state index >= 15 is 0 Å². The third-order valence-electron chi connectivity index (χ3n) is 6.63. The second-order valence-corrected chi connectivity index (χ2v) is 10.9. The molecular weight excluding hydrogens is 310 g/mol. The van der Waals surface area contributed by atoms with Crippen LogP contribution in [0.3, 0.4) is 0 Å². The average Bonchev–Trinajstić information content (AvgIpc) is 2.97. The summed E-state index contributed by atoms with van der Waals surface area (Å²) in [6.45, 7) is 18.8. The van der Waals surface area contributed by atoms with Gasteiger partial charge in [-0.15, -0.1) is 0 Å². The Hall–Kier alpha value is -0.450. The number of carbonyl (C=O) groups is 1. The van der Waals surface area contributed by atoms with Gasteiger partial charge in [0.05, 0.1) is 12.2 Å². The molecule has 0 aromatic heterocycles. The maximum absolute atomic E-state index is 13.5. The van der Waals surface area contributed by atoms with Crippen molar-refractivity contribution in [1.82, 2.24) is 15.5 Å². The van der Waals surface area contributed by atoms with Crippen LogP contribution in [-0.4, -0.2) is 47.1 Å². The van der Waals surface area contributed by atoms with Crippen molar-refractivity contribution in [2.24, 2.45) is 23.2 Å². The molecule has 3 fully saturated rings. The lowest BCUT2D eigenvalue weighted by Gasteiger charge is -2.44. The molecule has 3 aliphatic heterocycles. The fourth-order valence-corrected chi connectivity index (χ4v) is 5.70. The van der Waals surface area contributed by atoms with Crippen molar-refractivity contribution in [3.8, 4) is 0 Å². The summed E-state index contributed by atoms with van der Waals surface area (Å²) >= 11 is 0. The highest BCUT2D eigenvalue weighted by Gasteiger charge is 2.62. The zero-order valence-electron chi connectivity index (χ0n) is 17.5. The Morgan fingerprint density at radius 3 is 2.28 bits per heavy atom. The molecule has 3 heterocycles. The van der Waals surface area contributed by atoms with Gasteiger partial charge in [-0.2, -0.15) is 0 Å². The minimum atomic E-state index is -0.306. The van der Waals surface area contributed by atoms with Crippen molar-refractivity contribution < 1.29 is 4.79 Å². The number of nitrogens with one attached hydrogen (secondary N) is 2. The van der Waals surface area contributed by atoms with Gasteiger partial charge in [0.1, 0.15) is 0 Å². The predicted octanol–water partition coefficient (Wildman–Crippen LogP) is 3.02. The maximum Gasteiger partial charge on any atom is 0.155 e. The van der Waals surface area contributed by atoms with Crippen LogP contribution in [0, 0.1) is 23.2 Å². The molecule has 3 saturated heterocycles. The molecule has 4 nitrogen and oxygen atoms in total. The van der Waals surface area contributed by atoms with Crippen LogP contribution >= 0.6 is 0 Å². The number of fused-ring (bicyclic) bond motifs is 3. The first kappa shape index (κ1) is 19.3. The van der Waals surface area contributed by atoms with Crippen molar-refractivity contribution in [3.05, 3.63) is 0 Å². The van der Waals surface area contributed by atoms with Crippen molar-refractivity contribution in [2.75, 3.05) is 6.54 Å². The molecule has 6 atom stereocenters. The third kappa shape index (κ3) is 3.19. The molecule has 4 heteroatoms. The highest BCUT2D eigenvalue weighted by atomic mass is 16.1. The molecule has 3 aliphatic rings. The fourth-order valence-electron chi connectivity index (χ4n) is 5.70. The van der Waals surface area contributed by atoms with Crippen LogP contribution in [0.15, 0.2) is 0 Å². The van der Waals surface area contributed by atoms with Crippen LogP contribution in [0.2, 0.25) is 0 Å². The van der Waals surface area contributed by atoms with Gasteiger partial charge in [0, 0.05) is 29.0 Å². The lowest BCUT2D eigenvalue weighted by Crippen LogP contribution is -2.59. The monoisotopic (exact) mass is 349 g/mol. The smallest absolute Gasteiger partial charge is 0.155 e. The lowest BCUT2D eigenvalue weighted by molar-refractivity contribution is -0.135. The van der Waals surface area contributed by atoms with Crippen LogP contribution in [0.1, 0.15) is 68.2 Å². The van der Waals surface area contributed by atoms with E-state index in [0.717, 1.165) is 6.54 Å². The largest absolute Gasteiger partial charge is 0.312 e. The number of hydrogen-bond acceptors (Lipinski definition) is 4. The normalized spacial score (nSPS) is 39.6. The summed E-state index contributed by atoms with van der Waals surface area (Å²) in [5, 5.41) is 7.75. The highest BCUT2D eigenvalue weighted by Crippen LogP contribution is 2.50. The van der Waals surface area contributed by atoms with Gasteiger partial charge in [-0.1, -0.05) is 34.6 Å². The van der Waals surface area contributed by atoms with Crippen molar-refractivity contribution in [2.45, 2.75) is 98.1 Å². The Bertz CT molecular complexity index is 516. The van der Waals surface area contributed by atoms with Gasteiger partial charge in [-0.25, -0.2) is 0 Å². The summed E-state index contributed by atoms with van der Waals surface area (Å²) in [4.78, 5) is 16.1. The van der Waals surface area contributed by atoms with Crippen LogP contribution in [0.4, 0.5) is 0 Å². The number of Topliss-reactive ketones (excluding diaryl/α,β-unsaturated/α-hetero) is 1. The molecule has 0 amide bonds. The molecule has 0 aromatic rings. The van der Waals surface area contributed by atoms with E-state index in [1.165, 1.54) is 12.8 Å². The minimum absolute atomic E-state index is 0.00664. The van der Waals surface area contributed by atoms with Gasteiger partial charge in [-0.3, -0.25) is 15.0 Å². The van der Waals surface area contributed by atoms with Gasteiger partial charge in [0.2, 0.25) is 0 Å². The van der Waals surface area contributed by atoms with E-state index in [1.54, 1.807) is 0 Å². The molecule has 0 saturated carbocycles. The average molecular weight is 350 g/mol. The van der Waals surface area contributed by atoms with E-state index < -0.39 is 0 Å². The van der Waals surface area contributed by atoms with Crippen LogP contribution in [-0.2, 0) is 4.79 Å². The minimum Gasteiger partial charge on any atom is -0.312 e. The topological polar surface area (TPSA) is 44.4 Å². The summed E-state index contributed by atoms with van der Waals surface area (Å²) in [6, 6.07) is 1.07. The number of hydrogen-bond donors (Lipinski definition) is 2. The Balaban J connectivity index is 2.06. The first-order chi connectivity index (χ1) is 11.4. The number of rotatable bonds is 2. The van der Waals surface area contributed by atoms with Crippen molar-refractivity contribution >= 4 is 5.78 Å². The van der Waals surface area contributed by atoms with E-state index in [9.17, 15) is 4.79 Å². The quantitative estimate of drug-likeness (QED) is 0.804. The zero-order chi connectivity index (χ0) is 18.7. The van der Waals surface area contributed by atoms with E-state index in [0.29, 0.717) is 41.8 Å². The third-order valence-corrected chi connectivity index (χ3v) is 6.63. The highest BCUT2D eigenvalue weighted by molar-refractivity contribution is 5.89. The van der Waals surface area contributed by atoms with Gasteiger partial charge in [0.15, 0.2) is 5.78 Å². The van der Waals surface area contributed by atoms with Crippen molar-refractivity contribution in [1.29, 1.82) is 0 Å². The molecule has 3 rings (SSSR count). The van der Waals surface area contributed by atoms with Crippen LogP contribution in [0.25, 0.3) is 0 Å². The predicted molar refractivity (Wildman–Crippen MR) is 103 cm³/mol. The SMILES string of the molecule is CC(C)C1C2C3NCCCC3NC2N(C(C)(C)C)C1C(=O)C(C)(C)C. The summed E-state index contributed by atoms with van der Waals surface area (Å²) in [7, 11) is 0. The van der Waals surface area contributed by atoms with Gasteiger partial charge in [0.25, 0.3) is 0 Å². The molecule has 0 spiro atoms. The van der Waals surface area contributed by atoms with E-state index in [4.69, 9.17) is 0 Å². The first-order valence-corrected chi connectivity index (χ1v) is 10.3. The maximum atomic E-state index is 13.5. The molecule has 0 radical (unpaired) electrons. The Morgan fingerprint density at radius 1 is 1.12 bits per heavy atom. The molecular formula is C21H39N3O. The molecule has 2 N–H and O–H groups in total. The number of ketones is 1. The summed E-state index contributed by atoms with van der Waals surface area (Å²) in [5.74, 6) is 1.83. The molecule has 6 unspecified atom stereocenters. The number of nitrogens with zero attached hydrogens (tertiary/aromatic N) is 1. The van der Waals surface area contributed by atoms with E-state index in [1.807, 2.05) is 0 Å². The zero-order valence-corrected chi connectivity index (χ0v) is 17.5. The molecule has 144 valence electrons. The molecule has 0 bridgehead atoms. The Morgan fingerprint density at radius 2 is 1.76 bits per heavy atom. The summed E-state index contributed by atoms with van der Waals surface area (Å²) < 4.78 is 0. The number of likely N-dealkylation sites (tertiary alicyclic amines) is 1. The van der Waals surface area contributed by atoms with E-state index in [2.05, 4.69) is 70.9 Å². The Kier molecular flexibility index (Phi) is 4.88. The lowest BCUT2D eigenvalue weighted by atomic mass is 9.72. The number of piperidine rings is 1. The van der Waals surface area contributed by atoms with Crippen LogP contribution < -0.4 is 10.6 Å². The van der Waals surface area contributed by atoms with E-state index in [-0.39, 0.29) is 17.0 Å². The second kappa shape index (κ2) is 6.31. The first-order valence-electron chi connectivity index (χ1n) is 10.3. The molecule has 0 aliphatic carbocycles. The molecule has 25 heavy (non-hydrogen) atoms. The summed E-state index contributed by atoms with van der Waals surface area (Å²) in [6.07, 6.45) is 2.81. The molecule has 0 aromatic carbocycles. The van der Waals surface area contributed by atoms with Gasteiger partial charge < -0.3 is 5.32 Å². The van der Waals surface area contributed by atoms with Crippen molar-refractivity contribution in [3.63, 3.8) is 0 Å². The second-order valence-electron chi connectivity index (χ2n) is 10.9. The number of carbonyl (C=O) groups excluding carboxylic acids is 1. The summed E-state index contributed by atoms with van der Waals surface area (Å²) in [5.41, 5.74) is -0.335. The van der Waals surface area contributed by atoms with Crippen LogP contribution in [0.5, 0.6) is 0 Å².